The van der Waals surface area contributed by atoms with Crippen molar-refractivity contribution >= 4 is 0 Å². The molecule has 0 spiro atoms. The molecule has 9 heterocycles. The smallest absolute Gasteiger partial charge is 0.160 e. The highest BCUT2D eigenvalue weighted by Gasteiger charge is 1.65. The van der Waals surface area contributed by atoms with Gasteiger partial charge in [-0.15, -0.1) is 56.1 Å². The van der Waals surface area contributed by atoms with Crippen LogP contribution >= 0.6 is 0 Å². The summed E-state index contributed by atoms with van der Waals surface area (Å²) in [5.41, 5.74) is 0. The Morgan fingerprint density at radius 1 is 0.148 bits per heavy atom. The van der Waals surface area contributed by atoms with Crippen LogP contribution in [0, 0.1) is 0 Å². The Morgan fingerprint density at radius 2 is 0.500 bits per heavy atom. The van der Waals surface area contributed by atoms with Crippen LogP contribution in [0.2, 0.25) is 0 Å². The first kappa shape index (κ1) is 43.3. The van der Waals surface area contributed by atoms with E-state index in [1.807, 2.05) is 30.3 Å². The molecule has 0 aliphatic rings. The van der Waals surface area contributed by atoms with Gasteiger partial charge in [-0.3, -0.25) is 15.0 Å². The molecule has 25 nitrogen and oxygen atoms in total. The topological polar surface area (TPSA) is 322 Å². The highest BCUT2D eigenvalue weighted by atomic mass is 15.4. The van der Waals surface area contributed by atoms with Gasteiger partial charge in [0.05, 0.1) is 31.0 Å². The Labute approximate surface area is 306 Å². The molecule has 270 valence electrons. The number of nitrogens with zero attached hydrogens (tertiary/aromatic N) is 25. The largest absolute Gasteiger partial charge is 0.265 e. The number of aromatic nitrogens is 25. The van der Waals surface area contributed by atoms with Crippen molar-refractivity contribution in [3.05, 3.63) is 180 Å². The molecule has 0 N–H and O–H groups in total. The fourth-order valence-corrected chi connectivity index (χ4v) is 1.98. The average Bonchev–Trinajstić information content (AvgIpc) is 3.33. The summed E-state index contributed by atoms with van der Waals surface area (Å²) >= 11 is 0. The number of hydrogen-bond donors (Lipinski definition) is 0. The third-order valence-corrected chi connectivity index (χ3v) is 3.84. The lowest BCUT2D eigenvalue weighted by Gasteiger charge is -1.70. The quantitative estimate of drug-likeness (QED) is 0.199. The van der Waals surface area contributed by atoms with Crippen LogP contribution in [0.3, 0.4) is 0 Å². The van der Waals surface area contributed by atoms with Gasteiger partial charge in [0.1, 0.15) is 25.3 Å². The summed E-state index contributed by atoms with van der Waals surface area (Å²) in [6, 6.07) is 12.9. The molecule has 0 unspecified atom stereocenters. The molecule has 0 atom stereocenters. The molecule has 0 amide bonds. The molecule has 0 bridgehead atoms. The van der Waals surface area contributed by atoms with Gasteiger partial charge in [-0.25, -0.2) is 19.9 Å². The Hall–Kier alpha value is -8.77. The molecule has 9 aromatic heterocycles. The zero-order valence-electron chi connectivity index (χ0n) is 27.9. The van der Waals surface area contributed by atoms with Crippen molar-refractivity contribution in [1.82, 2.24) is 127 Å². The van der Waals surface area contributed by atoms with E-state index in [1.54, 1.807) is 92.7 Å². The van der Waals surface area contributed by atoms with Crippen molar-refractivity contribution < 1.29 is 0 Å². The van der Waals surface area contributed by atoms with E-state index in [2.05, 4.69) is 127 Å². The van der Waals surface area contributed by atoms with E-state index in [-0.39, 0.29) is 0 Å². The van der Waals surface area contributed by atoms with Gasteiger partial charge in [-0.1, -0.05) is 6.07 Å². The van der Waals surface area contributed by atoms with Gasteiger partial charge in [0.15, 0.2) is 12.7 Å². The zero-order chi connectivity index (χ0) is 38.2. The van der Waals surface area contributed by atoms with E-state index in [9.17, 15) is 0 Å². The molecule has 9 rings (SSSR count). The minimum atomic E-state index is 1.28. The van der Waals surface area contributed by atoms with Crippen molar-refractivity contribution in [3.63, 3.8) is 0 Å². The van der Waals surface area contributed by atoms with Gasteiger partial charge in [-0.2, -0.15) is 15.3 Å². The summed E-state index contributed by atoms with van der Waals surface area (Å²) in [6.45, 7) is 0. The van der Waals surface area contributed by atoms with E-state index >= 15 is 0 Å². The number of rotatable bonds is 0. The Morgan fingerprint density at radius 3 is 0.667 bits per heavy atom. The summed E-state index contributed by atoms with van der Waals surface area (Å²) in [7, 11) is 0. The van der Waals surface area contributed by atoms with E-state index in [4.69, 9.17) is 0 Å². The van der Waals surface area contributed by atoms with E-state index < -0.39 is 0 Å². The Bertz CT molecular complexity index is 1150. The third-order valence-electron chi connectivity index (χ3n) is 3.84. The second-order valence-electron chi connectivity index (χ2n) is 7.44. The molecule has 0 saturated carbocycles. The maximum absolute atomic E-state index is 3.78. The molecule has 0 saturated heterocycles. The Kier molecular flexibility index (Phi) is 32.4. The maximum Gasteiger partial charge on any atom is 0.160 e. The lowest BCUT2D eigenvalue weighted by molar-refractivity contribution is 0.761. The molecule has 54 heavy (non-hydrogen) atoms. The number of hydrogen-bond acceptors (Lipinski definition) is 25. The average molecular weight is 728 g/mol. The van der Waals surface area contributed by atoms with Crippen LogP contribution in [0.4, 0.5) is 0 Å². The predicted molar refractivity (Wildman–Crippen MR) is 183 cm³/mol. The lowest BCUT2D eigenvalue weighted by Crippen LogP contribution is -1.84. The van der Waals surface area contributed by atoms with Crippen LogP contribution in [-0.2, 0) is 0 Å². The second kappa shape index (κ2) is 40.4. The first-order valence-electron chi connectivity index (χ1n) is 14.4. The summed E-state index contributed by atoms with van der Waals surface area (Å²) in [4.78, 5) is 25.7. The van der Waals surface area contributed by atoms with E-state index in [0.717, 1.165) is 0 Å². The van der Waals surface area contributed by atoms with Crippen molar-refractivity contribution in [3.8, 4) is 0 Å². The van der Waals surface area contributed by atoms with Crippen LogP contribution in [0.1, 0.15) is 0 Å². The highest BCUT2D eigenvalue weighted by Crippen LogP contribution is 1.74. The van der Waals surface area contributed by atoms with Crippen LogP contribution in [0.15, 0.2) is 180 Å². The summed E-state index contributed by atoms with van der Waals surface area (Å²) < 4.78 is 0. The van der Waals surface area contributed by atoms with Gasteiger partial charge in [-0.05, 0) is 57.3 Å². The lowest BCUT2D eigenvalue weighted by atomic mass is 10.5. The van der Waals surface area contributed by atoms with Crippen molar-refractivity contribution in [2.75, 3.05) is 0 Å². The standard InChI is InChI=1S/C5H5N.3C4H4N2.2C3H3N3.3C2H2N4/c1-2-4-6-5-3-1;1-2-6-4-3-5-1;1-2-5-4-6-3-1;1-2-4-6-5-3-1;1-2-5-6-3-4-1;1-2-4-6-5-3-1;1-3-5-2-6-4-1;1-3-2-5-6-4-1;1-2-4-6-5-3-1/h1-5H;3*1-4H;2*1-3H;3*1-2H. The fourth-order valence-electron chi connectivity index (χ4n) is 1.98. The minimum absolute atomic E-state index is 1.28. The molecule has 0 aromatic carbocycles. The van der Waals surface area contributed by atoms with Gasteiger partial charge in [0.25, 0.3) is 0 Å². The van der Waals surface area contributed by atoms with Gasteiger partial charge < -0.3 is 0 Å². The second-order valence-corrected chi connectivity index (χ2v) is 7.44. The summed E-state index contributed by atoms with van der Waals surface area (Å²) in [5.74, 6) is 0. The zero-order valence-corrected chi connectivity index (χ0v) is 27.9. The molecule has 0 aliphatic heterocycles. The summed E-state index contributed by atoms with van der Waals surface area (Å²) in [5, 5.41) is 60.5. The number of pyridine rings is 1. The van der Waals surface area contributed by atoms with Crippen LogP contribution in [-0.4, -0.2) is 127 Å². The molecule has 0 fully saturated rings. The van der Waals surface area contributed by atoms with Gasteiger partial charge in [0.2, 0.25) is 0 Å². The molecule has 0 aliphatic carbocycles. The fraction of sp³-hybridized carbons (Fsp3) is 0. The SMILES string of the molecule is c1ccncc1.c1ccnnc1.c1cnccn1.c1cncnc1.c1cnncn1.c1cnnnc1.c1cnnnn1.c1ncnnn1.c1nncnn1. The van der Waals surface area contributed by atoms with Crippen LogP contribution < -0.4 is 0 Å². The molecular weight excluding hydrogens is 698 g/mol. The van der Waals surface area contributed by atoms with Crippen LogP contribution in [0.25, 0.3) is 0 Å². The van der Waals surface area contributed by atoms with Crippen molar-refractivity contribution in [2.24, 2.45) is 0 Å². The molecular formula is C29H29N25. The Balaban J connectivity index is 0.000000304. The van der Waals surface area contributed by atoms with Gasteiger partial charge >= 0.3 is 0 Å². The van der Waals surface area contributed by atoms with Crippen molar-refractivity contribution in [2.45, 2.75) is 0 Å². The minimum Gasteiger partial charge on any atom is -0.265 e. The van der Waals surface area contributed by atoms with Crippen LogP contribution in [0.5, 0.6) is 0 Å². The summed E-state index contributed by atoms with van der Waals surface area (Å²) in [6.07, 6.45) is 34.0. The predicted octanol–water partition coefficient (Wildman–Crippen LogP) is 0.0544. The first-order valence-corrected chi connectivity index (χ1v) is 14.4. The van der Waals surface area contributed by atoms with E-state index in [1.165, 1.54) is 56.6 Å². The molecule has 0 radical (unpaired) electrons. The maximum atomic E-state index is 3.78. The monoisotopic (exact) mass is 727 g/mol. The van der Waals surface area contributed by atoms with Crippen molar-refractivity contribution in [1.29, 1.82) is 0 Å². The third kappa shape index (κ3) is 37.7. The molecule has 25 heteroatoms. The molecule has 9 aromatic rings. The van der Waals surface area contributed by atoms with Gasteiger partial charge in [0, 0.05) is 68.2 Å². The van der Waals surface area contributed by atoms with E-state index in [0.29, 0.717) is 0 Å². The highest BCUT2D eigenvalue weighted by molar-refractivity contribution is 4.88. The normalized spacial score (nSPS) is 8.00. The first-order chi connectivity index (χ1) is 27.0.